The van der Waals surface area contributed by atoms with Crippen LogP contribution in [0.5, 0.6) is 0 Å². The van der Waals surface area contributed by atoms with Crippen LogP contribution in [0, 0.1) is 31.0 Å². The van der Waals surface area contributed by atoms with Gasteiger partial charge in [0.1, 0.15) is 16.9 Å². The molecule has 35 heavy (non-hydrogen) atoms. The highest BCUT2D eigenvalue weighted by Crippen LogP contribution is 2.39. The maximum Gasteiger partial charge on any atom is 0.141 e. The van der Waals surface area contributed by atoms with Gasteiger partial charge in [-0.05, 0) is 65.3 Å². The molecule has 1 fully saturated rings. The molecular weight excluding hydrogens is 461 g/mol. The van der Waals surface area contributed by atoms with Crippen molar-refractivity contribution in [2.24, 2.45) is 0 Å². The summed E-state index contributed by atoms with van der Waals surface area (Å²) in [5.74, 6) is -0.368. The van der Waals surface area contributed by atoms with Crippen LogP contribution in [0.1, 0.15) is 49.6 Å². The Kier molecular flexibility index (Phi) is 5.90. The zero-order valence-corrected chi connectivity index (χ0v) is 21.4. The summed E-state index contributed by atoms with van der Waals surface area (Å²) in [4.78, 5) is 7.53. The molecule has 4 aromatic rings. The first-order chi connectivity index (χ1) is 16.7. The number of piperidine rings is 1. The van der Waals surface area contributed by atoms with Crippen molar-refractivity contribution in [1.29, 1.82) is 5.26 Å². The molecule has 7 nitrogen and oxygen atoms in total. The van der Waals surface area contributed by atoms with Crippen LogP contribution in [0.4, 0.5) is 4.39 Å². The highest BCUT2D eigenvalue weighted by molar-refractivity contribution is 7.99. The third-order valence-corrected chi connectivity index (χ3v) is 8.32. The van der Waals surface area contributed by atoms with Gasteiger partial charge < -0.3 is 4.90 Å². The van der Waals surface area contributed by atoms with Crippen molar-refractivity contribution in [2.75, 3.05) is 13.6 Å². The first kappa shape index (κ1) is 23.5. The Hall–Kier alpha value is -3.22. The highest BCUT2D eigenvalue weighted by atomic mass is 32.2. The lowest BCUT2D eigenvalue weighted by Crippen LogP contribution is -2.48. The molecule has 0 radical (unpaired) electrons. The maximum atomic E-state index is 13.6. The molecule has 0 saturated carbocycles. The molecule has 4 aromatic heterocycles. The second-order valence-corrected chi connectivity index (χ2v) is 10.9. The zero-order valence-electron chi connectivity index (χ0n) is 20.6. The van der Waals surface area contributed by atoms with Gasteiger partial charge in [-0.25, -0.2) is 13.9 Å². The first-order valence-electron chi connectivity index (χ1n) is 11.6. The standard InChI is InChI=1S/C26H28FN7S/c1-16-8-20(27)13-29-25(16)35-23-9-18(15-33-24(23)19(11-28)12-30-33)22-14-31-34(17(22)2)21-6-7-32(5)26(3,4)10-21/h8-9,12-15,21H,6-7,10H2,1-5H3. The molecule has 9 heteroatoms. The van der Waals surface area contributed by atoms with Crippen molar-refractivity contribution in [3.05, 3.63) is 59.6 Å². The summed E-state index contributed by atoms with van der Waals surface area (Å²) in [5.41, 5.74) is 5.16. The van der Waals surface area contributed by atoms with Crippen molar-refractivity contribution in [3.63, 3.8) is 0 Å². The maximum absolute atomic E-state index is 13.6. The fourth-order valence-electron chi connectivity index (χ4n) is 4.89. The van der Waals surface area contributed by atoms with E-state index in [1.807, 2.05) is 19.3 Å². The van der Waals surface area contributed by atoms with Gasteiger partial charge >= 0.3 is 0 Å². The Morgan fingerprint density at radius 2 is 1.97 bits per heavy atom. The van der Waals surface area contributed by atoms with Crippen LogP contribution in [-0.2, 0) is 0 Å². The lowest BCUT2D eigenvalue weighted by Gasteiger charge is -2.43. The van der Waals surface area contributed by atoms with E-state index in [2.05, 4.69) is 59.6 Å². The molecule has 180 valence electrons. The highest BCUT2D eigenvalue weighted by Gasteiger charge is 2.34. The monoisotopic (exact) mass is 489 g/mol. The molecule has 0 bridgehead atoms. The number of likely N-dealkylation sites (tertiary alicyclic amines) is 1. The van der Waals surface area contributed by atoms with E-state index in [9.17, 15) is 9.65 Å². The Balaban J connectivity index is 1.58. The summed E-state index contributed by atoms with van der Waals surface area (Å²) >= 11 is 1.41. The number of fused-ring (bicyclic) bond motifs is 1. The summed E-state index contributed by atoms with van der Waals surface area (Å²) in [6.07, 6.45) is 8.75. The van der Waals surface area contributed by atoms with Crippen LogP contribution < -0.4 is 0 Å². The van der Waals surface area contributed by atoms with Crippen LogP contribution in [0.15, 0.2) is 46.8 Å². The Morgan fingerprint density at radius 1 is 1.17 bits per heavy atom. The molecule has 0 spiro atoms. The second-order valence-electron chi connectivity index (χ2n) is 9.90. The van der Waals surface area contributed by atoms with Gasteiger partial charge in [-0.3, -0.25) is 4.68 Å². The van der Waals surface area contributed by atoms with E-state index in [1.165, 1.54) is 24.0 Å². The van der Waals surface area contributed by atoms with Crippen LogP contribution in [0.3, 0.4) is 0 Å². The average molecular weight is 490 g/mol. The van der Waals surface area contributed by atoms with Gasteiger partial charge in [0, 0.05) is 40.0 Å². The van der Waals surface area contributed by atoms with E-state index >= 15 is 0 Å². The van der Waals surface area contributed by atoms with Gasteiger partial charge in [-0.15, -0.1) is 0 Å². The lowest BCUT2D eigenvalue weighted by atomic mass is 9.87. The van der Waals surface area contributed by atoms with Crippen molar-refractivity contribution in [1.82, 2.24) is 29.3 Å². The SMILES string of the molecule is Cc1cc(F)cnc1Sc1cc(-c2cnn(C3CCN(C)C(C)(C)C3)c2C)cn2ncc(C#N)c12. The minimum absolute atomic E-state index is 0.118. The molecule has 1 unspecified atom stereocenters. The normalized spacial score (nSPS) is 18.1. The van der Waals surface area contributed by atoms with E-state index in [0.29, 0.717) is 22.1 Å². The molecule has 1 saturated heterocycles. The van der Waals surface area contributed by atoms with Crippen LogP contribution in [-0.4, -0.2) is 48.4 Å². The minimum Gasteiger partial charge on any atom is -0.301 e. The number of halogens is 1. The fourth-order valence-corrected chi connectivity index (χ4v) is 5.91. The summed E-state index contributed by atoms with van der Waals surface area (Å²) in [5, 5.41) is 19.6. The van der Waals surface area contributed by atoms with Crippen LogP contribution in [0.25, 0.3) is 16.6 Å². The van der Waals surface area contributed by atoms with E-state index in [-0.39, 0.29) is 11.4 Å². The third-order valence-electron chi connectivity index (χ3n) is 7.17. The van der Waals surface area contributed by atoms with Crippen LogP contribution >= 0.6 is 11.8 Å². The number of nitriles is 1. The summed E-state index contributed by atoms with van der Waals surface area (Å²) < 4.78 is 17.5. The number of aromatic nitrogens is 5. The topological polar surface area (TPSA) is 75.0 Å². The predicted octanol–water partition coefficient (Wildman–Crippen LogP) is 5.42. The van der Waals surface area contributed by atoms with E-state index in [4.69, 9.17) is 5.10 Å². The number of aryl methyl sites for hydroxylation is 1. The van der Waals surface area contributed by atoms with Crippen molar-refractivity contribution in [2.45, 2.75) is 62.0 Å². The fraction of sp³-hybridized carbons (Fsp3) is 0.385. The molecule has 0 N–H and O–H groups in total. The Morgan fingerprint density at radius 3 is 2.69 bits per heavy atom. The molecule has 1 atom stereocenters. The zero-order chi connectivity index (χ0) is 24.9. The molecule has 1 aliphatic rings. The molecule has 5 heterocycles. The molecular formula is C26H28FN7S. The summed E-state index contributed by atoms with van der Waals surface area (Å²) in [6, 6.07) is 6.10. The molecule has 0 amide bonds. The number of hydrogen-bond donors (Lipinski definition) is 0. The summed E-state index contributed by atoms with van der Waals surface area (Å²) in [6.45, 7) is 9.55. The number of nitrogens with zero attached hydrogens (tertiary/aromatic N) is 7. The third kappa shape index (κ3) is 4.21. The van der Waals surface area contributed by atoms with Gasteiger partial charge in [0.15, 0.2) is 0 Å². The van der Waals surface area contributed by atoms with E-state index < -0.39 is 0 Å². The average Bonchev–Trinajstić information content (AvgIpc) is 3.40. The van der Waals surface area contributed by atoms with Crippen LogP contribution in [0.2, 0.25) is 0 Å². The van der Waals surface area contributed by atoms with E-state index in [0.717, 1.165) is 46.7 Å². The minimum atomic E-state index is -0.368. The summed E-state index contributed by atoms with van der Waals surface area (Å²) in [7, 11) is 2.18. The number of pyridine rings is 2. The Bertz CT molecular complexity index is 1460. The molecule has 5 rings (SSSR count). The number of hydrogen-bond acceptors (Lipinski definition) is 6. The predicted molar refractivity (Wildman–Crippen MR) is 134 cm³/mol. The first-order valence-corrected chi connectivity index (χ1v) is 12.5. The van der Waals surface area contributed by atoms with Gasteiger partial charge in [0.2, 0.25) is 0 Å². The van der Waals surface area contributed by atoms with Gasteiger partial charge in [-0.1, -0.05) is 11.8 Å². The smallest absolute Gasteiger partial charge is 0.141 e. The molecule has 1 aliphatic heterocycles. The Labute approximate surface area is 208 Å². The van der Waals surface area contributed by atoms with Gasteiger partial charge in [0.05, 0.1) is 35.7 Å². The van der Waals surface area contributed by atoms with Crippen molar-refractivity contribution in [3.8, 4) is 17.2 Å². The van der Waals surface area contributed by atoms with Crippen molar-refractivity contribution >= 4 is 17.3 Å². The second kappa shape index (κ2) is 8.77. The lowest BCUT2D eigenvalue weighted by molar-refractivity contribution is 0.0712. The van der Waals surface area contributed by atoms with Crippen molar-refractivity contribution < 1.29 is 4.39 Å². The largest absolute Gasteiger partial charge is 0.301 e. The van der Waals surface area contributed by atoms with E-state index in [1.54, 1.807) is 10.7 Å². The molecule has 0 aromatic carbocycles. The molecule has 0 aliphatic carbocycles. The van der Waals surface area contributed by atoms with Gasteiger partial charge in [0.25, 0.3) is 0 Å². The quantitative estimate of drug-likeness (QED) is 0.381. The number of rotatable bonds is 4. The van der Waals surface area contributed by atoms with Gasteiger partial charge in [-0.2, -0.15) is 15.5 Å².